The van der Waals surface area contributed by atoms with Gasteiger partial charge in [0.25, 0.3) is 5.91 Å². The number of benzene rings is 3. The number of carbonyl (C=O) groups is 1. The van der Waals surface area contributed by atoms with Gasteiger partial charge in [-0.25, -0.2) is 4.99 Å². The molecule has 34 heavy (non-hydrogen) atoms. The van der Waals surface area contributed by atoms with E-state index in [1.165, 1.54) is 0 Å². The minimum atomic E-state index is -0.376. The Morgan fingerprint density at radius 1 is 0.853 bits per heavy atom. The van der Waals surface area contributed by atoms with E-state index in [0.29, 0.717) is 40.8 Å². The van der Waals surface area contributed by atoms with Gasteiger partial charge in [0.2, 0.25) is 0 Å². The molecule has 0 aliphatic carbocycles. The highest BCUT2D eigenvalue weighted by molar-refractivity contribution is 6.19. The molecule has 7 heteroatoms. The first-order valence-electron chi connectivity index (χ1n) is 11.0. The van der Waals surface area contributed by atoms with Crippen LogP contribution >= 0.6 is 0 Å². The maximum atomic E-state index is 13.2. The summed E-state index contributed by atoms with van der Waals surface area (Å²) in [7, 11) is 4.78. The summed E-state index contributed by atoms with van der Waals surface area (Å²) in [4.78, 5) is 23.0. The van der Waals surface area contributed by atoms with Crippen LogP contribution in [0.25, 0.3) is 0 Å². The quantitative estimate of drug-likeness (QED) is 0.533. The van der Waals surface area contributed by atoms with Gasteiger partial charge < -0.3 is 19.5 Å². The molecule has 1 heterocycles. The number of methoxy groups -OCH3 is 3. The fourth-order valence-corrected chi connectivity index (χ4v) is 3.92. The number of aliphatic imine (C=N–C) groups is 2. The van der Waals surface area contributed by atoms with E-state index in [9.17, 15) is 4.79 Å². The number of nitrogens with zero attached hydrogens (tertiary/aromatic N) is 2. The van der Waals surface area contributed by atoms with Gasteiger partial charge in [-0.2, -0.15) is 0 Å². The first-order chi connectivity index (χ1) is 16.6. The van der Waals surface area contributed by atoms with Gasteiger partial charge in [0.1, 0.15) is 11.6 Å². The van der Waals surface area contributed by atoms with Crippen LogP contribution in [0.5, 0.6) is 17.2 Å². The summed E-state index contributed by atoms with van der Waals surface area (Å²) in [6.07, 6.45) is 0.671. The number of fused-ring (bicyclic) bond motifs is 1. The Morgan fingerprint density at radius 3 is 2.15 bits per heavy atom. The predicted octanol–water partition coefficient (Wildman–Crippen LogP) is 5.45. The van der Waals surface area contributed by atoms with Gasteiger partial charge in [-0.15, -0.1) is 0 Å². The van der Waals surface area contributed by atoms with Gasteiger partial charge in [0.05, 0.1) is 38.6 Å². The van der Waals surface area contributed by atoms with Crippen LogP contribution in [0.15, 0.2) is 76.7 Å². The molecule has 0 saturated carbocycles. The van der Waals surface area contributed by atoms with Crippen LogP contribution in [0.3, 0.4) is 0 Å². The Kier molecular flexibility index (Phi) is 6.92. The number of hydrogen-bond donors (Lipinski definition) is 1. The first kappa shape index (κ1) is 23.0. The molecular weight excluding hydrogens is 430 g/mol. The molecule has 0 fully saturated rings. The largest absolute Gasteiger partial charge is 0.497 e. The van der Waals surface area contributed by atoms with Crippen LogP contribution in [0.1, 0.15) is 35.2 Å². The second-order valence-corrected chi connectivity index (χ2v) is 7.67. The van der Waals surface area contributed by atoms with Crippen LogP contribution in [-0.2, 0) is 0 Å². The van der Waals surface area contributed by atoms with Crippen molar-refractivity contribution in [3.63, 3.8) is 0 Å². The average molecular weight is 458 g/mol. The van der Waals surface area contributed by atoms with Crippen molar-refractivity contribution in [3.05, 3.63) is 77.9 Å². The van der Waals surface area contributed by atoms with Crippen LogP contribution in [0.4, 0.5) is 11.4 Å². The number of amidine groups is 1. The summed E-state index contributed by atoms with van der Waals surface area (Å²) in [6.45, 7) is 2.05. The first-order valence-corrected chi connectivity index (χ1v) is 11.0. The van der Waals surface area contributed by atoms with E-state index < -0.39 is 0 Å². The number of rotatable bonds is 6. The van der Waals surface area contributed by atoms with E-state index >= 15 is 0 Å². The second kappa shape index (κ2) is 10.2. The minimum absolute atomic E-state index is 0.262. The minimum Gasteiger partial charge on any atom is -0.497 e. The van der Waals surface area contributed by atoms with Gasteiger partial charge in [-0.3, -0.25) is 9.79 Å². The highest BCUT2D eigenvalue weighted by Crippen LogP contribution is 2.37. The molecule has 1 amide bonds. The van der Waals surface area contributed by atoms with Gasteiger partial charge in [-0.05, 0) is 60.5 Å². The number of ether oxygens (including phenoxy) is 3. The Morgan fingerprint density at radius 2 is 1.53 bits per heavy atom. The van der Waals surface area contributed by atoms with Crippen molar-refractivity contribution in [2.45, 2.75) is 19.3 Å². The molecule has 0 bridgehead atoms. The van der Waals surface area contributed by atoms with E-state index in [2.05, 4.69) is 5.32 Å². The third-order valence-corrected chi connectivity index (χ3v) is 5.69. The maximum Gasteiger partial charge on any atom is 0.256 e. The lowest BCUT2D eigenvalue weighted by Crippen LogP contribution is -2.37. The molecule has 0 spiro atoms. The summed E-state index contributed by atoms with van der Waals surface area (Å²) in [5, 5.41) is 3.05. The van der Waals surface area contributed by atoms with E-state index in [4.69, 9.17) is 24.2 Å². The fourth-order valence-electron chi connectivity index (χ4n) is 3.92. The summed E-state index contributed by atoms with van der Waals surface area (Å²) < 4.78 is 16.1. The molecule has 174 valence electrons. The fraction of sp³-hybridized carbons (Fsp3) is 0.222. The summed E-state index contributed by atoms with van der Waals surface area (Å²) in [5.41, 5.74) is 3.73. The monoisotopic (exact) mass is 457 g/mol. The molecule has 4 rings (SSSR count). The van der Waals surface area contributed by atoms with E-state index in [1.54, 1.807) is 45.6 Å². The molecule has 0 unspecified atom stereocenters. The molecule has 1 atom stereocenters. The zero-order valence-electron chi connectivity index (χ0n) is 19.7. The standard InChI is InChI=1S/C27H27N3O4/c1-5-20-25(18-12-15-23(33-3)24(16-18)34-4)26(29-22-9-7-6-8-21(22)28-20)30-27(31)17-10-13-19(32-2)14-11-17/h6-16,25H,5H2,1-4H3,(H,29,30,31)/t25-/m1/s1. The third kappa shape index (κ3) is 4.64. The molecule has 0 aromatic heterocycles. The number of amides is 1. The van der Waals surface area contributed by atoms with Crippen molar-refractivity contribution in [2.75, 3.05) is 21.3 Å². The van der Waals surface area contributed by atoms with Crippen molar-refractivity contribution in [2.24, 2.45) is 9.98 Å². The number of hydrogen-bond acceptors (Lipinski definition) is 6. The number of carbonyl (C=O) groups excluding carboxylic acids is 1. The van der Waals surface area contributed by atoms with Crippen LogP contribution in [0, 0.1) is 0 Å². The van der Waals surface area contributed by atoms with Crippen LogP contribution < -0.4 is 19.5 Å². The average Bonchev–Trinajstić information content (AvgIpc) is 3.04. The molecule has 0 radical (unpaired) electrons. The van der Waals surface area contributed by atoms with Crippen LogP contribution in [-0.4, -0.2) is 38.8 Å². The Labute approximate surface area is 199 Å². The number of nitrogens with one attached hydrogen (secondary N) is 1. The molecular formula is C27H27N3O4. The van der Waals surface area contributed by atoms with Crippen LogP contribution in [0.2, 0.25) is 0 Å². The van der Waals surface area contributed by atoms with E-state index in [1.807, 2.05) is 49.4 Å². The number of para-hydroxylation sites is 2. The summed E-state index contributed by atoms with van der Waals surface area (Å²) in [6, 6.07) is 20.3. The highest BCUT2D eigenvalue weighted by atomic mass is 16.5. The Bertz CT molecular complexity index is 1250. The van der Waals surface area contributed by atoms with Crippen molar-refractivity contribution in [1.82, 2.24) is 5.32 Å². The van der Waals surface area contributed by atoms with Gasteiger partial charge >= 0.3 is 0 Å². The van der Waals surface area contributed by atoms with E-state index in [-0.39, 0.29) is 11.8 Å². The highest BCUT2D eigenvalue weighted by Gasteiger charge is 2.29. The van der Waals surface area contributed by atoms with Crippen molar-refractivity contribution >= 4 is 28.8 Å². The lowest BCUT2D eigenvalue weighted by Gasteiger charge is -2.22. The van der Waals surface area contributed by atoms with Crippen molar-refractivity contribution < 1.29 is 19.0 Å². The summed E-state index contributed by atoms with van der Waals surface area (Å²) in [5.74, 6) is 1.76. The summed E-state index contributed by atoms with van der Waals surface area (Å²) >= 11 is 0. The predicted molar refractivity (Wildman–Crippen MR) is 134 cm³/mol. The van der Waals surface area contributed by atoms with Gasteiger partial charge in [0, 0.05) is 11.3 Å². The topological polar surface area (TPSA) is 81.5 Å². The third-order valence-electron chi connectivity index (χ3n) is 5.69. The van der Waals surface area contributed by atoms with Crippen molar-refractivity contribution in [3.8, 4) is 17.2 Å². The lowest BCUT2D eigenvalue weighted by molar-refractivity contribution is 0.0976. The maximum absolute atomic E-state index is 13.2. The molecule has 1 aliphatic rings. The smallest absolute Gasteiger partial charge is 0.256 e. The molecule has 1 N–H and O–H groups in total. The zero-order valence-corrected chi connectivity index (χ0v) is 19.7. The second-order valence-electron chi connectivity index (χ2n) is 7.67. The normalized spacial score (nSPS) is 14.8. The van der Waals surface area contributed by atoms with E-state index in [0.717, 1.165) is 17.0 Å². The molecule has 3 aromatic carbocycles. The Hall–Kier alpha value is -4.13. The lowest BCUT2D eigenvalue weighted by atomic mass is 9.90. The van der Waals surface area contributed by atoms with Gasteiger partial charge in [-0.1, -0.05) is 25.1 Å². The molecule has 1 aliphatic heterocycles. The zero-order chi connectivity index (χ0) is 24.1. The molecule has 7 nitrogen and oxygen atoms in total. The molecule has 0 saturated heterocycles. The van der Waals surface area contributed by atoms with Gasteiger partial charge in [0.15, 0.2) is 11.5 Å². The molecule has 3 aromatic rings. The Balaban J connectivity index is 1.81. The SMILES string of the molecule is CCC1=Nc2ccccc2N=C(NC(=O)c2ccc(OC)cc2)[C@@H]1c1ccc(OC)c(OC)c1. The van der Waals surface area contributed by atoms with Crippen molar-refractivity contribution in [1.29, 1.82) is 0 Å².